The van der Waals surface area contributed by atoms with E-state index in [0.29, 0.717) is 25.7 Å². The Balaban J connectivity index is 5.28. The van der Waals surface area contributed by atoms with Crippen molar-refractivity contribution in [2.75, 3.05) is 39.6 Å². The lowest BCUT2D eigenvalue weighted by Crippen LogP contribution is -2.30. The zero-order chi connectivity index (χ0) is 68.0. The van der Waals surface area contributed by atoms with Crippen molar-refractivity contribution in [1.29, 1.82) is 0 Å². The number of hydrogen-bond acceptors (Lipinski definition) is 15. The molecule has 8 atom stereocenters. The van der Waals surface area contributed by atoms with Gasteiger partial charge >= 0.3 is 39.5 Å². The zero-order valence-corrected chi connectivity index (χ0v) is 61.8. The van der Waals surface area contributed by atoms with Crippen LogP contribution in [0.2, 0.25) is 0 Å². The molecule has 0 aliphatic heterocycles. The van der Waals surface area contributed by atoms with Gasteiger partial charge in [-0.1, -0.05) is 318 Å². The molecule has 17 nitrogen and oxygen atoms in total. The molecule has 0 aromatic rings. The number of aliphatic hydroxyl groups excluding tert-OH is 1. The lowest BCUT2D eigenvalue weighted by atomic mass is 9.99. The van der Waals surface area contributed by atoms with E-state index in [1.807, 2.05) is 0 Å². The maximum atomic E-state index is 13.1. The number of phosphoric acid groups is 2. The van der Waals surface area contributed by atoms with Crippen LogP contribution in [0.1, 0.15) is 370 Å². The molecule has 0 bridgehead atoms. The summed E-state index contributed by atoms with van der Waals surface area (Å²) in [6.45, 7) is 11.9. The first-order valence-electron chi connectivity index (χ1n) is 38.0. The molecule has 546 valence electrons. The van der Waals surface area contributed by atoms with Gasteiger partial charge in [0.2, 0.25) is 0 Å². The molecule has 0 saturated heterocycles. The summed E-state index contributed by atoms with van der Waals surface area (Å²) in [5.74, 6) is 0.228. The third-order valence-electron chi connectivity index (χ3n) is 18.0. The molecule has 19 heteroatoms. The van der Waals surface area contributed by atoms with Crippen LogP contribution < -0.4 is 0 Å². The van der Waals surface area contributed by atoms with Gasteiger partial charge in [0.1, 0.15) is 19.3 Å². The van der Waals surface area contributed by atoms with Crippen molar-refractivity contribution in [3.05, 3.63) is 0 Å². The highest BCUT2D eigenvalue weighted by atomic mass is 31.2. The molecule has 0 aromatic heterocycles. The molecule has 0 aliphatic rings. The Labute approximate surface area is 562 Å². The van der Waals surface area contributed by atoms with Crippen molar-refractivity contribution in [2.45, 2.75) is 388 Å². The number of unbranched alkanes of at least 4 members (excludes halogenated alkanes) is 36. The number of aliphatic hydroxyl groups is 1. The molecule has 0 saturated carbocycles. The molecule has 92 heavy (non-hydrogen) atoms. The van der Waals surface area contributed by atoms with Crippen molar-refractivity contribution in [3.63, 3.8) is 0 Å². The third kappa shape index (κ3) is 62.8. The predicted molar refractivity (Wildman–Crippen MR) is 372 cm³/mol. The van der Waals surface area contributed by atoms with Crippen molar-refractivity contribution in [1.82, 2.24) is 0 Å². The van der Waals surface area contributed by atoms with Gasteiger partial charge in [-0.05, 0) is 43.4 Å². The number of ether oxygens (including phenoxy) is 4. The minimum absolute atomic E-state index is 0.104. The van der Waals surface area contributed by atoms with Gasteiger partial charge in [0.15, 0.2) is 12.2 Å². The van der Waals surface area contributed by atoms with Crippen LogP contribution in [0.5, 0.6) is 0 Å². The molecule has 0 fully saturated rings. The molecular weight excluding hydrogens is 1210 g/mol. The van der Waals surface area contributed by atoms with E-state index in [0.717, 1.165) is 108 Å². The van der Waals surface area contributed by atoms with Crippen molar-refractivity contribution in [2.24, 2.45) is 17.8 Å². The summed E-state index contributed by atoms with van der Waals surface area (Å²) in [7, 11) is -9.91. The van der Waals surface area contributed by atoms with E-state index >= 15 is 0 Å². The van der Waals surface area contributed by atoms with Gasteiger partial charge in [0.05, 0.1) is 26.4 Å². The smallest absolute Gasteiger partial charge is 0.462 e. The van der Waals surface area contributed by atoms with E-state index in [2.05, 4.69) is 48.5 Å². The third-order valence-corrected chi connectivity index (χ3v) is 19.9. The van der Waals surface area contributed by atoms with Crippen molar-refractivity contribution < 1.29 is 80.2 Å². The molecule has 0 aliphatic carbocycles. The monoisotopic (exact) mass is 1350 g/mol. The second-order valence-electron chi connectivity index (χ2n) is 27.1. The topological polar surface area (TPSA) is 237 Å². The number of carbonyl (C=O) groups excluding carboxylic acids is 4. The van der Waals surface area contributed by atoms with Crippen LogP contribution in [0.4, 0.5) is 0 Å². The molecule has 5 unspecified atom stereocenters. The first kappa shape index (κ1) is 90.1. The summed E-state index contributed by atoms with van der Waals surface area (Å²) in [5.41, 5.74) is 0. The Morgan fingerprint density at radius 2 is 0.522 bits per heavy atom. The maximum Gasteiger partial charge on any atom is 0.472 e. The van der Waals surface area contributed by atoms with Crippen LogP contribution in [-0.2, 0) is 65.4 Å². The fraction of sp³-hybridized carbons (Fsp3) is 0.945. The Hall–Kier alpha value is -1.94. The van der Waals surface area contributed by atoms with Gasteiger partial charge in [-0.2, -0.15) is 0 Å². The molecule has 0 amide bonds. The fourth-order valence-corrected chi connectivity index (χ4v) is 12.6. The summed E-state index contributed by atoms with van der Waals surface area (Å²) in [6, 6.07) is 0. The van der Waals surface area contributed by atoms with E-state index < -0.39 is 97.5 Å². The van der Waals surface area contributed by atoms with Crippen LogP contribution in [0, 0.1) is 17.8 Å². The average molecular weight is 1350 g/mol. The highest BCUT2D eigenvalue weighted by Gasteiger charge is 2.30. The minimum Gasteiger partial charge on any atom is -0.462 e. The molecule has 0 rings (SSSR count). The first-order valence-corrected chi connectivity index (χ1v) is 41.0. The van der Waals surface area contributed by atoms with E-state index in [1.54, 1.807) is 0 Å². The Morgan fingerprint density at radius 3 is 0.772 bits per heavy atom. The highest BCUT2D eigenvalue weighted by molar-refractivity contribution is 7.47. The molecular formula is C73H142O17P2. The van der Waals surface area contributed by atoms with Crippen LogP contribution in [-0.4, -0.2) is 96.7 Å². The SMILES string of the molecule is CCCCCCCCCCCCCCCCC(=O)OC[C@H](COP(=O)(O)OC[C@@H](O)COP(=O)(O)OC[C@@H](COC(=O)CCCCCCCCCCC(C)CC)OC(=O)CCCCCCCCCCC(C)CC)OC(=O)CCCCCCCCCCCCC(C)CC. The summed E-state index contributed by atoms with van der Waals surface area (Å²) < 4.78 is 68.4. The molecule has 0 spiro atoms. The second kappa shape index (κ2) is 63.8. The Bertz CT molecular complexity index is 1810. The Morgan fingerprint density at radius 1 is 0.304 bits per heavy atom. The summed E-state index contributed by atoms with van der Waals surface area (Å²) >= 11 is 0. The van der Waals surface area contributed by atoms with Gasteiger partial charge in [-0.25, -0.2) is 9.13 Å². The molecule has 0 heterocycles. The molecule has 3 N–H and O–H groups in total. The number of phosphoric ester groups is 2. The van der Waals surface area contributed by atoms with E-state index in [4.69, 9.17) is 37.0 Å². The quantitative estimate of drug-likeness (QED) is 0.0222. The number of rotatable bonds is 71. The molecule has 0 aromatic carbocycles. The lowest BCUT2D eigenvalue weighted by Gasteiger charge is -2.21. The maximum absolute atomic E-state index is 13.1. The summed E-state index contributed by atoms with van der Waals surface area (Å²) in [4.78, 5) is 72.7. The van der Waals surface area contributed by atoms with E-state index in [-0.39, 0.29) is 25.7 Å². The normalized spacial score (nSPS) is 15.0. The lowest BCUT2D eigenvalue weighted by molar-refractivity contribution is -0.161. The summed E-state index contributed by atoms with van der Waals surface area (Å²) in [6.07, 6.45) is 48.3. The van der Waals surface area contributed by atoms with Crippen LogP contribution >= 0.6 is 15.6 Å². The largest absolute Gasteiger partial charge is 0.472 e. The number of hydrogen-bond donors (Lipinski definition) is 3. The van der Waals surface area contributed by atoms with E-state index in [1.165, 1.54) is 180 Å². The number of esters is 4. The van der Waals surface area contributed by atoms with Gasteiger partial charge in [-0.3, -0.25) is 37.3 Å². The second-order valence-corrected chi connectivity index (χ2v) is 30.0. The van der Waals surface area contributed by atoms with Crippen LogP contribution in [0.15, 0.2) is 0 Å². The van der Waals surface area contributed by atoms with Crippen LogP contribution in [0.3, 0.4) is 0 Å². The Kier molecular flexibility index (Phi) is 62.4. The number of carbonyl (C=O) groups is 4. The van der Waals surface area contributed by atoms with Gasteiger partial charge in [-0.15, -0.1) is 0 Å². The average Bonchev–Trinajstić information content (AvgIpc) is 2.34. The van der Waals surface area contributed by atoms with Gasteiger partial charge in [0.25, 0.3) is 0 Å². The van der Waals surface area contributed by atoms with Crippen molar-refractivity contribution >= 4 is 39.5 Å². The standard InChI is InChI=1S/C73H142O17P2/c1-8-12-13-14-15-16-17-18-19-20-24-33-40-47-54-70(75)83-60-68(89-72(77)56-49-42-35-25-22-21-23-30-37-44-51-64(5)9-2)62-87-91(79,80)85-58-67(74)59-86-92(81,82)88-63-69(90-73(78)57-50-43-36-29-27-32-39-46-53-66(7)11-4)61-84-71(76)55-48-41-34-28-26-31-38-45-52-65(6)10-3/h64-69,74H,8-63H2,1-7H3,(H,79,80)(H,81,82)/t64?,65?,66?,67-,68-,69-/m1/s1. The van der Waals surface area contributed by atoms with E-state index in [9.17, 15) is 43.2 Å². The minimum atomic E-state index is -4.95. The zero-order valence-electron chi connectivity index (χ0n) is 60.0. The van der Waals surface area contributed by atoms with Gasteiger partial charge in [0, 0.05) is 25.7 Å². The summed E-state index contributed by atoms with van der Waals surface area (Å²) in [5, 5.41) is 10.6. The van der Waals surface area contributed by atoms with Gasteiger partial charge < -0.3 is 33.8 Å². The highest BCUT2D eigenvalue weighted by Crippen LogP contribution is 2.45. The van der Waals surface area contributed by atoms with Crippen molar-refractivity contribution in [3.8, 4) is 0 Å². The fourth-order valence-electron chi connectivity index (χ4n) is 11.0. The first-order chi connectivity index (χ1) is 44.3. The predicted octanol–water partition coefficient (Wildman–Crippen LogP) is 21.0. The van der Waals surface area contributed by atoms with Crippen LogP contribution in [0.25, 0.3) is 0 Å². The molecule has 0 radical (unpaired) electrons.